The van der Waals surface area contributed by atoms with E-state index in [4.69, 9.17) is 16.1 Å². The molecule has 1 amide bonds. The van der Waals surface area contributed by atoms with Gasteiger partial charge in [0.15, 0.2) is 0 Å². The van der Waals surface area contributed by atoms with Gasteiger partial charge in [-0.1, -0.05) is 77.4 Å². The van der Waals surface area contributed by atoms with Crippen molar-refractivity contribution >= 4 is 39.1 Å². The molecule has 0 unspecified atom stereocenters. The van der Waals surface area contributed by atoms with Crippen LogP contribution in [-0.4, -0.2) is 21.0 Å². The molecule has 5 aromatic rings. The molecule has 0 fully saturated rings. The third-order valence-electron chi connectivity index (χ3n) is 4.88. The van der Waals surface area contributed by atoms with Crippen LogP contribution in [0.25, 0.3) is 21.6 Å². The van der Waals surface area contributed by atoms with E-state index in [0.717, 1.165) is 21.3 Å². The Labute approximate surface area is 186 Å². The standard InChI is InChI=1S/C23H17ClN4O2S/c24-19-13-16-12-17(26-23(16)31-19)21(29)25-18(11-14-7-3-1-4-8-14)22-27-20(28-30-22)15-9-5-2-6-10-15/h1-10,12-13,18,26H,11H2,(H,25,29)/t18-/m0/s1. The van der Waals surface area contributed by atoms with Crippen molar-refractivity contribution in [2.45, 2.75) is 12.5 Å². The van der Waals surface area contributed by atoms with Crippen LogP contribution in [0.2, 0.25) is 4.34 Å². The Morgan fingerprint density at radius 2 is 1.84 bits per heavy atom. The van der Waals surface area contributed by atoms with Crippen LogP contribution in [0.1, 0.15) is 28.0 Å². The first-order valence-electron chi connectivity index (χ1n) is 9.67. The van der Waals surface area contributed by atoms with Crippen LogP contribution in [0.4, 0.5) is 0 Å². The van der Waals surface area contributed by atoms with E-state index < -0.39 is 6.04 Å². The minimum Gasteiger partial charge on any atom is -0.342 e. The summed E-state index contributed by atoms with van der Waals surface area (Å²) in [6.45, 7) is 0. The quantitative estimate of drug-likeness (QED) is 0.351. The summed E-state index contributed by atoms with van der Waals surface area (Å²) in [6, 6.07) is 22.6. The SMILES string of the molecule is O=C(N[C@@H](Cc1ccccc1)c1nc(-c2ccccc2)no1)c1cc2cc(Cl)sc2[nH]1. The molecule has 8 heteroatoms. The molecule has 5 rings (SSSR count). The fourth-order valence-electron chi connectivity index (χ4n) is 3.38. The van der Waals surface area contributed by atoms with E-state index in [9.17, 15) is 4.79 Å². The number of thiophene rings is 1. The van der Waals surface area contributed by atoms with E-state index in [0.29, 0.717) is 28.2 Å². The molecule has 0 bridgehead atoms. The van der Waals surface area contributed by atoms with Gasteiger partial charge < -0.3 is 14.8 Å². The number of nitrogens with one attached hydrogen (secondary N) is 2. The molecule has 31 heavy (non-hydrogen) atoms. The van der Waals surface area contributed by atoms with Crippen LogP contribution in [0.5, 0.6) is 0 Å². The number of fused-ring (bicyclic) bond motifs is 1. The van der Waals surface area contributed by atoms with Crippen LogP contribution in [0.15, 0.2) is 77.3 Å². The summed E-state index contributed by atoms with van der Waals surface area (Å²) < 4.78 is 6.22. The second-order valence-electron chi connectivity index (χ2n) is 7.06. The topological polar surface area (TPSA) is 83.8 Å². The smallest absolute Gasteiger partial charge is 0.268 e. The third kappa shape index (κ3) is 4.23. The predicted octanol–water partition coefficient (Wildman–Crippen LogP) is 5.65. The summed E-state index contributed by atoms with van der Waals surface area (Å²) in [5.74, 6) is 0.588. The zero-order valence-electron chi connectivity index (χ0n) is 16.2. The molecule has 2 N–H and O–H groups in total. The summed E-state index contributed by atoms with van der Waals surface area (Å²) in [6.07, 6.45) is 0.518. The number of carbonyl (C=O) groups excluding carboxylic acids is 1. The van der Waals surface area contributed by atoms with Crippen LogP contribution in [-0.2, 0) is 6.42 Å². The fraction of sp³-hybridized carbons (Fsp3) is 0.0870. The molecule has 3 heterocycles. The fourth-order valence-corrected chi connectivity index (χ4v) is 4.51. The van der Waals surface area contributed by atoms with Crippen molar-refractivity contribution in [3.8, 4) is 11.4 Å². The number of hydrogen-bond acceptors (Lipinski definition) is 5. The maximum Gasteiger partial charge on any atom is 0.268 e. The highest BCUT2D eigenvalue weighted by molar-refractivity contribution is 7.22. The van der Waals surface area contributed by atoms with Crippen molar-refractivity contribution in [3.63, 3.8) is 0 Å². The Morgan fingerprint density at radius 3 is 2.58 bits per heavy atom. The second kappa shape index (κ2) is 8.37. The van der Waals surface area contributed by atoms with Crippen molar-refractivity contribution in [3.05, 3.63) is 94.3 Å². The molecule has 0 aliphatic heterocycles. The lowest BCUT2D eigenvalue weighted by Gasteiger charge is -2.14. The number of carbonyl (C=O) groups is 1. The van der Waals surface area contributed by atoms with Crippen LogP contribution in [0.3, 0.4) is 0 Å². The molecule has 3 aromatic heterocycles. The lowest BCUT2D eigenvalue weighted by atomic mass is 10.1. The number of hydrogen-bond donors (Lipinski definition) is 2. The molecule has 6 nitrogen and oxygen atoms in total. The molecule has 1 atom stereocenters. The molecular weight excluding hydrogens is 432 g/mol. The summed E-state index contributed by atoms with van der Waals surface area (Å²) in [7, 11) is 0. The van der Waals surface area contributed by atoms with Crippen LogP contribution >= 0.6 is 22.9 Å². The predicted molar refractivity (Wildman–Crippen MR) is 121 cm³/mol. The molecule has 2 aromatic carbocycles. The lowest BCUT2D eigenvalue weighted by molar-refractivity contribution is 0.0924. The second-order valence-corrected chi connectivity index (χ2v) is 8.74. The maximum atomic E-state index is 13.0. The Bertz CT molecular complexity index is 1300. The van der Waals surface area contributed by atoms with Crippen molar-refractivity contribution < 1.29 is 9.32 Å². The first kappa shape index (κ1) is 19.5. The third-order valence-corrected chi connectivity index (χ3v) is 6.08. The maximum absolute atomic E-state index is 13.0. The number of rotatable bonds is 6. The first-order valence-corrected chi connectivity index (χ1v) is 10.9. The Balaban J connectivity index is 1.43. The molecule has 0 radical (unpaired) electrons. The molecule has 0 saturated heterocycles. The van der Waals surface area contributed by atoms with Gasteiger partial charge in [0.05, 0.1) is 4.34 Å². The highest BCUT2D eigenvalue weighted by Gasteiger charge is 2.24. The van der Waals surface area contributed by atoms with Gasteiger partial charge in [0.25, 0.3) is 5.91 Å². The molecule has 0 saturated carbocycles. The average molecular weight is 449 g/mol. The van der Waals surface area contributed by atoms with E-state index in [1.165, 1.54) is 11.3 Å². The van der Waals surface area contributed by atoms with Gasteiger partial charge in [-0.3, -0.25) is 4.79 Å². The van der Waals surface area contributed by atoms with Crippen molar-refractivity contribution in [1.82, 2.24) is 20.4 Å². The van der Waals surface area contributed by atoms with Crippen LogP contribution < -0.4 is 5.32 Å². The van der Waals surface area contributed by atoms with Crippen molar-refractivity contribution in [1.29, 1.82) is 0 Å². The molecule has 154 valence electrons. The number of halogens is 1. The zero-order valence-corrected chi connectivity index (χ0v) is 17.8. The lowest BCUT2D eigenvalue weighted by Crippen LogP contribution is -2.30. The Kier molecular flexibility index (Phi) is 5.28. The summed E-state index contributed by atoms with van der Waals surface area (Å²) in [5, 5.41) is 8.05. The van der Waals surface area contributed by atoms with Gasteiger partial charge in [-0.2, -0.15) is 4.98 Å². The zero-order chi connectivity index (χ0) is 21.2. The van der Waals surface area contributed by atoms with E-state index >= 15 is 0 Å². The average Bonchev–Trinajstić information content (AvgIpc) is 3.49. The van der Waals surface area contributed by atoms with Crippen molar-refractivity contribution in [2.75, 3.05) is 0 Å². The number of H-pyrrole nitrogens is 1. The van der Waals surface area contributed by atoms with Gasteiger partial charge in [0.2, 0.25) is 11.7 Å². The minimum atomic E-state index is -0.482. The normalized spacial score (nSPS) is 12.2. The van der Waals surface area contributed by atoms with Gasteiger partial charge in [-0.05, 0) is 17.7 Å². The Morgan fingerprint density at radius 1 is 1.10 bits per heavy atom. The van der Waals surface area contributed by atoms with Crippen molar-refractivity contribution in [2.24, 2.45) is 0 Å². The summed E-state index contributed by atoms with van der Waals surface area (Å²) in [5.41, 5.74) is 2.36. The van der Waals surface area contributed by atoms with Gasteiger partial charge in [0.1, 0.15) is 16.6 Å². The molecule has 0 spiro atoms. The van der Waals surface area contributed by atoms with E-state index in [1.54, 1.807) is 6.07 Å². The van der Waals surface area contributed by atoms with Gasteiger partial charge in [-0.25, -0.2) is 0 Å². The number of benzene rings is 2. The minimum absolute atomic E-state index is 0.250. The number of aromatic nitrogens is 3. The largest absolute Gasteiger partial charge is 0.342 e. The van der Waals surface area contributed by atoms with Crippen LogP contribution in [0, 0.1) is 0 Å². The highest BCUT2D eigenvalue weighted by atomic mass is 35.5. The molecule has 0 aliphatic carbocycles. The van der Waals surface area contributed by atoms with Gasteiger partial charge >= 0.3 is 0 Å². The summed E-state index contributed by atoms with van der Waals surface area (Å²) in [4.78, 5) is 21.5. The van der Waals surface area contributed by atoms with Gasteiger partial charge in [0, 0.05) is 17.4 Å². The van der Waals surface area contributed by atoms with E-state index in [2.05, 4.69) is 20.4 Å². The molecular formula is C23H17ClN4O2S. The summed E-state index contributed by atoms with van der Waals surface area (Å²) >= 11 is 7.43. The monoisotopic (exact) mass is 448 g/mol. The Hall–Kier alpha value is -3.42. The molecule has 0 aliphatic rings. The highest BCUT2D eigenvalue weighted by Crippen LogP contribution is 2.30. The van der Waals surface area contributed by atoms with Gasteiger partial charge in [-0.15, -0.1) is 11.3 Å². The number of nitrogens with zero attached hydrogens (tertiary/aromatic N) is 2. The van der Waals surface area contributed by atoms with E-state index in [-0.39, 0.29) is 5.91 Å². The van der Waals surface area contributed by atoms with E-state index in [1.807, 2.05) is 66.7 Å². The number of amides is 1. The number of aromatic amines is 1. The first-order chi connectivity index (χ1) is 15.2.